The molecule has 2 amide bonds. The number of benzene rings is 3. The molecule has 0 fully saturated rings. The van der Waals surface area contributed by atoms with E-state index in [4.69, 9.17) is 4.74 Å². The summed E-state index contributed by atoms with van der Waals surface area (Å²) in [5, 5.41) is 2.84. The van der Waals surface area contributed by atoms with Crippen molar-refractivity contribution in [3.05, 3.63) is 83.9 Å². The Morgan fingerprint density at radius 1 is 1.00 bits per heavy atom. The van der Waals surface area contributed by atoms with Crippen LogP contribution in [0.25, 0.3) is 11.1 Å². The first kappa shape index (κ1) is 25.7. The molecule has 1 aliphatic rings. The number of rotatable bonds is 9. The molecule has 0 aromatic heterocycles. The average molecular weight is 546 g/mol. The second kappa shape index (κ2) is 11.6. The Labute approximate surface area is 219 Å². The van der Waals surface area contributed by atoms with Gasteiger partial charge in [0.15, 0.2) is 0 Å². The van der Waals surface area contributed by atoms with Gasteiger partial charge in [0.1, 0.15) is 0 Å². The Morgan fingerprint density at radius 2 is 1.67 bits per heavy atom. The van der Waals surface area contributed by atoms with E-state index in [2.05, 4.69) is 5.32 Å². The van der Waals surface area contributed by atoms with E-state index >= 15 is 0 Å². The molecule has 4 rings (SSSR count). The van der Waals surface area contributed by atoms with Gasteiger partial charge >= 0.3 is 212 Å². The summed E-state index contributed by atoms with van der Waals surface area (Å²) >= 11 is -1.52. The van der Waals surface area contributed by atoms with Gasteiger partial charge in [-0.3, -0.25) is 0 Å². The molecule has 0 saturated heterocycles. The van der Waals surface area contributed by atoms with Crippen LogP contribution in [0.5, 0.6) is 5.75 Å². The average Bonchev–Trinajstić information content (AvgIpc) is 2.98. The van der Waals surface area contributed by atoms with Crippen LogP contribution in [0.15, 0.2) is 72.8 Å². The topological polar surface area (TPSA) is 75.7 Å². The first-order valence-corrected chi connectivity index (χ1v) is 14.1. The van der Waals surface area contributed by atoms with Crippen molar-refractivity contribution in [2.24, 2.45) is 0 Å². The molecule has 0 saturated carbocycles. The normalized spacial score (nSPS) is 15.7. The standard InChI is InChI=1S/C29H31AsN2O4/c1-19-23-10-4-5-11-24(23)25-12-6-7-13-26(25)32(29(19)35)30-28(34)20(2)31-27(33)14-8-9-21-15-17-22(36-3)18-16-21/h4-7,10-13,15-20,30H,8-9,14H2,1-3H3,(H,31,33)/t19?,20-/m0/s1. The third kappa shape index (κ3) is 5.71. The SMILES string of the molecule is COc1ccc(CCCC(=O)N[C@@H](C)C(=O)[AsH]N2C(=O)C(C)c3ccccc3-c3ccccc32)cc1. The predicted octanol–water partition coefficient (Wildman–Crippen LogP) is 4.22. The zero-order chi connectivity index (χ0) is 25.7. The van der Waals surface area contributed by atoms with Crippen LogP contribution in [-0.4, -0.2) is 45.5 Å². The van der Waals surface area contributed by atoms with E-state index in [-0.39, 0.29) is 22.3 Å². The van der Waals surface area contributed by atoms with Crippen molar-refractivity contribution in [3.8, 4) is 16.9 Å². The second-order valence-corrected chi connectivity index (χ2v) is 11.4. The quantitative estimate of drug-likeness (QED) is 0.408. The number of methoxy groups -OCH3 is 1. The number of nitrogens with one attached hydrogen (secondary N) is 1. The minimum atomic E-state index is -1.52. The number of nitrogens with zero attached hydrogens (tertiary/aromatic N) is 1. The van der Waals surface area contributed by atoms with Crippen LogP contribution in [0.1, 0.15) is 43.7 Å². The Balaban J connectivity index is 1.38. The number of anilines is 1. The van der Waals surface area contributed by atoms with E-state index in [9.17, 15) is 14.4 Å². The van der Waals surface area contributed by atoms with Gasteiger partial charge in [-0.15, -0.1) is 0 Å². The van der Waals surface area contributed by atoms with Gasteiger partial charge in [-0.1, -0.05) is 0 Å². The fourth-order valence-corrected chi connectivity index (χ4v) is 6.73. The van der Waals surface area contributed by atoms with E-state index in [1.165, 1.54) is 0 Å². The van der Waals surface area contributed by atoms with Gasteiger partial charge in [0.05, 0.1) is 7.11 Å². The van der Waals surface area contributed by atoms with Crippen LogP contribution >= 0.6 is 0 Å². The fraction of sp³-hybridized carbons (Fsp3) is 0.276. The number of hydrogen-bond donors (Lipinski definition) is 1. The number of carbonyl (C=O) groups is 3. The van der Waals surface area contributed by atoms with Crippen LogP contribution in [0, 0.1) is 0 Å². The number of para-hydroxylation sites is 1. The molecule has 0 aliphatic carbocycles. The van der Waals surface area contributed by atoms with Crippen LogP contribution < -0.4 is 13.9 Å². The Hall–Kier alpha value is -3.37. The van der Waals surface area contributed by atoms with Gasteiger partial charge < -0.3 is 0 Å². The number of aryl methyl sites for hydroxylation is 1. The Kier molecular flexibility index (Phi) is 8.27. The molecule has 0 bridgehead atoms. The maximum absolute atomic E-state index is 13.5. The molecular weight excluding hydrogens is 515 g/mol. The molecule has 0 spiro atoms. The molecule has 1 heterocycles. The molecule has 1 N–H and O–H groups in total. The molecule has 7 heteroatoms. The number of ether oxygens (including phenoxy) is 1. The van der Waals surface area contributed by atoms with Gasteiger partial charge in [0, 0.05) is 0 Å². The van der Waals surface area contributed by atoms with Crippen molar-refractivity contribution in [1.29, 1.82) is 0 Å². The number of fused-ring (bicyclic) bond motifs is 3. The zero-order valence-electron chi connectivity index (χ0n) is 20.8. The summed E-state index contributed by atoms with van der Waals surface area (Å²) in [6, 6.07) is 22.8. The summed E-state index contributed by atoms with van der Waals surface area (Å²) in [7, 11) is 1.63. The van der Waals surface area contributed by atoms with Crippen LogP contribution in [-0.2, 0) is 20.8 Å². The van der Waals surface area contributed by atoms with E-state index < -0.39 is 22.0 Å². The van der Waals surface area contributed by atoms with Crippen molar-refractivity contribution in [2.45, 2.75) is 45.1 Å². The fourth-order valence-electron chi connectivity index (χ4n) is 4.41. The number of carbonyl (C=O) groups excluding carboxylic acids is 3. The number of amides is 2. The van der Waals surface area contributed by atoms with Gasteiger partial charge in [-0.05, 0) is 0 Å². The van der Waals surface area contributed by atoms with Gasteiger partial charge in [-0.25, -0.2) is 0 Å². The van der Waals surface area contributed by atoms with Gasteiger partial charge in [0.25, 0.3) is 0 Å². The summed E-state index contributed by atoms with van der Waals surface area (Å²) in [5.41, 5.74) is 4.85. The van der Waals surface area contributed by atoms with Crippen molar-refractivity contribution < 1.29 is 19.1 Å². The van der Waals surface area contributed by atoms with E-state index in [0.29, 0.717) is 12.8 Å². The third-order valence-electron chi connectivity index (χ3n) is 6.47. The molecule has 186 valence electrons. The molecule has 3 aromatic rings. The first-order valence-electron chi connectivity index (χ1n) is 12.1. The monoisotopic (exact) mass is 546 g/mol. The van der Waals surface area contributed by atoms with Crippen molar-refractivity contribution in [3.63, 3.8) is 0 Å². The van der Waals surface area contributed by atoms with Gasteiger partial charge in [0.2, 0.25) is 0 Å². The van der Waals surface area contributed by atoms with E-state index in [1.807, 2.05) is 79.7 Å². The molecule has 2 unspecified atom stereocenters. The first-order chi connectivity index (χ1) is 17.4. The van der Waals surface area contributed by atoms with Crippen molar-refractivity contribution in [1.82, 2.24) is 5.32 Å². The van der Waals surface area contributed by atoms with E-state index in [1.54, 1.807) is 17.9 Å². The molecule has 36 heavy (non-hydrogen) atoms. The summed E-state index contributed by atoms with van der Waals surface area (Å²) in [6.07, 6.45) is 1.79. The van der Waals surface area contributed by atoms with Crippen molar-refractivity contribution >= 4 is 38.1 Å². The third-order valence-corrected chi connectivity index (χ3v) is 9.28. The molecule has 1 aliphatic heterocycles. The predicted molar refractivity (Wildman–Crippen MR) is 143 cm³/mol. The molecular formula is C29H31AsN2O4. The molecule has 3 aromatic carbocycles. The summed E-state index contributed by atoms with van der Waals surface area (Å²) < 4.78 is 6.78. The summed E-state index contributed by atoms with van der Waals surface area (Å²) in [6.45, 7) is 3.60. The molecule has 0 radical (unpaired) electrons. The maximum atomic E-state index is 13.5. The van der Waals surface area contributed by atoms with Gasteiger partial charge in [-0.2, -0.15) is 0 Å². The van der Waals surface area contributed by atoms with Crippen LogP contribution in [0.4, 0.5) is 5.69 Å². The minimum absolute atomic E-state index is 0.0706. The summed E-state index contributed by atoms with van der Waals surface area (Å²) in [4.78, 5) is 39.2. The van der Waals surface area contributed by atoms with Crippen LogP contribution in [0.2, 0.25) is 0 Å². The number of hydrogen-bond acceptors (Lipinski definition) is 4. The second-order valence-electron chi connectivity index (χ2n) is 8.97. The Bertz CT molecular complexity index is 1260. The zero-order valence-corrected chi connectivity index (χ0v) is 22.9. The molecule has 3 atom stereocenters. The van der Waals surface area contributed by atoms with Crippen LogP contribution in [0.3, 0.4) is 0 Å². The molecule has 6 nitrogen and oxygen atoms in total. The van der Waals surface area contributed by atoms with Crippen molar-refractivity contribution in [2.75, 3.05) is 10.9 Å². The van der Waals surface area contributed by atoms with E-state index in [0.717, 1.165) is 40.1 Å². The summed E-state index contributed by atoms with van der Waals surface area (Å²) in [5.74, 6) is 0.225. The Morgan fingerprint density at radius 3 is 2.39 bits per heavy atom.